The average Bonchev–Trinajstić information content (AvgIpc) is 2.55. The van der Waals surface area contributed by atoms with Crippen LogP contribution >= 0.6 is 0 Å². The van der Waals surface area contributed by atoms with Crippen LogP contribution in [0, 0.1) is 17.6 Å². The highest BCUT2D eigenvalue weighted by Gasteiger charge is 2.19. The molecule has 0 amide bonds. The molecule has 0 N–H and O–H groups in total. The molecule has 23 heavy (non-hydrogen) atoms. The van der Waals surface area contributed by atoms with Gasteiger partial charge in [-0.25, -0.2) is 13.2 Å². The van der Waals surface area contributed by atoms with Crippen molar-refractivity contribution in [2.45, 2.75) is 45.2 Å². The lowest BCUT2D eigenvalue weighted by Gasteiger charge is -2.26. The lowest BCUT2D eigenvalue weighted by Crippen LogP contribution is -2.10. The quantitative estimate of drug-likeness (QED) is 0.614. The van der Waals surface area contributed by atoms with Gasteiger partial charge >= 0.3 is 0 Å². The molecule has 3 rings (SSSR count). The van der Waals surface area contributed by atoms with E-state index in [1.807, 2.05) is 12.1 Å². The molecule has 0 bridgehead atoms. The number of benzene rings is 2. The van der Waals surface area contributed by atoms with Crippen molar-refractivity contribution in [2.24, 2.45) is 5.92 Å². The highest BCUT2D eigenvalue weighted by molar-refractivity contribution is 5.64. The molecule has 0 unspecified atom stereocenters. The van der Waals surface area contributed by atoms with Gasteiger partial charge in [0, 0.05) is 0 Å². The van der Waals surface area contributed by atoms with E-state index in [1.54, 1.807) is 0 Å². The Labute approximate surface area is 135 Å². The van der Waals surface area contributed by atoms with Crippen LogP contribution in [0.15, 0.2) is 36.4 Å². The van der Waals surface area contributed by atoms with Crippen LogP contribution in [0.3, 0.4) is 0 Å². The van der Waals surface area contributed by atoms with Crippen LogP contribution in [0.5, 0.6) is 0 Å². The van der Waals surface area contributed by atoms with E-state index in [4.69, 9.17) is 0 Å². The maximum atomic E-state index is 13.7. The van der Waals surface area contributed by atoms with Crippen molar-refractivity contribution in [3.05, 3.63) is 59.2 Å². The fourth-order valence-corrected chi connectivity index (χ4v) is 3.44. The van der Waals surface area contributed by atoms with Gasteiger partial charge in [0.25, 0.3) is 0 Å². The van der Waals surface area contributed by atoms with Crippen molar-refractivity contribution in [3.63, 3.8) is 0 Å². The van der Waals surface area contributed by atoms with Gasteiger partial charge in [-0.15, -0.1) is 0 Å². The molecule has 0 aromatic heterocycles. The van der Waals surface area contributed by atoms with Crippen LogP contribution in [0.2, 0.25) is 0 Å². The first-order valence-corrected chi connectivity index (χ1v) is 8.22. The minimum Gasteiger partial charge on any atom is -0.246 e. The van der Waals surface area contributed by atoms with Gasteiger partial charge in [0.05, 0.1) is 5.56 Å². The highest BCUT2D eigenvalue weighted by atomic mass is 19.1. The summed E-state index contributed by atoms with van der Waals surface area (Å²) >= 11 is 0. The largest absolute Gasteiger partial charge is 0.246 e. The van der Waals surface area contributed by atoms with Crippen molar-refractivity contribution in [2.75, 3.05) is 0 Å². The predicted molar refractivity (Wildman–Crippen MR) is 87.0 cm³/mol. The van der Waals surface area contributed by atoms with E-state index in [0.29, 0.717) is 11.5 Å². The van der Waals surface area contributed by atoms with Crippen molar-refractivity contribution in [1.82, 2.24) is 0 Å². The fraction of sp³-hybridized carbons (Fsp3) is 0.400. The van der Waals surface area contributed by atoms with E-state index in [1.165, 1.54) is 43.4 Å². The fourth-order valence-electron chi connectivity index (χ4n) is 3.44. The van der Waals surface area contributed by atoms with E-state index < -0.39 is 23.9 Å². The molecular weight excluding hydrogens is 297 g/mol. The number of hydrogen-bond acceptors (Lipinski definition) is 0. The number of halogens is 3. The number of rotatable bonds is 3. The Balaban J connectivity index is 1.82. The van der Waals surface area contributed by atoms with Crippen LogP contribution in [0.4, 0.5) is 13.2 Å². The third kappa shape index (κ3) is 3.44. The first kappa shape index (κ1) is 16.1. The Morgan fingerprint density at radius 1 is 0.870 bits per heavy atom. The van der Waals surface area contributed by atoms with E-state index in [-0.39, 0.29) is 0 Å². The van der Waals surface area contributed by atoms with Gasteiger partial charge in [-0.1, -0.05) is 44.0 Å². The molecule has 0 radical (unpaired) electrons. The van der Waals surface area contributed by atoms with Gasteiger partial charge in [-0.05, 0) is 53.5 Å². The van der Waals surface area contributed by atoms with Crippen LogP contribution in [0.1, 0.15) is 49.7 Å². The first-order chi connectivity index (χ1) is 11.1. The smallest absolute Gasteiger partial charge is 0.132 e. The molecule has 2 aromatic carbocycles. The molecule has 122 valence electrons. The topological polar surface area (TPSA) is 0 Å². The first-order valence-electron chi connectivity index (χ1n) is 8.22. The highest BCUT2D eigenvalue weighted by Crippen LogP contribution is 2.36. The van der Waals surface area contributed by atoms with Crippen LogP contribution in [-0.2, 0) is 6.67 Å². The molecule has 0 spiro atoms. The Hall–Kier alpha value is -1.77. The van der Waals surface area contributed by atoms with Gasteiger partial charge in [0.2, 0.25) is 0 Å². The van der Waals surface area contributed by atoms with Gasteiger partial charge in [0.1, 0.15) is 18.3 Å². The molecule has 0 nitrogen and oxygen atoms in total. The monoisotopic (exact) mass is 318 g/mol. The van der Waals surface area contributed by atoms with E-state index in [9.17, 15) is 13.2 Å². The summed E-state index contributed by atoms with van der Waals surface area (Å²) in [6.45, 7) is 1.17. The van der Waals surface area contributed by atoms with Crippen molar-refractivity contribution < 1.29 is 13.2 Å². The van der Waals surface area contributed by atoms with Gasteiger partial charge < -0.3 is 0 Å². The van der Waals surface area contributed by atoms with Crippen LogP contribution in [-0.4, -0.2) is 0 Å². The SMILES string of the molecule is CC1CCC(c2ccc(-c3cc(F)c(CF)c(F)c3)cc2)CC1. The zero-order chi connectivity index (χ0) is 16.4. The molecule has 0 saturated heterocycles. The zero-order valence-corrected chi connectivity index (χ0v) is 13.3. The summed E-state index contributed by atoms with van der Waals surface area (Å²) < 4.78 is 40.0. The summed E-state index contributed by atoms with van der Waals surface area (Å²) in [7, 11) is 0. The minimum atomic E-state index is -1.13. The molecule has 3 heteroatoms. The van der Waals surface area contributed by atoms with Gasteiger partial charge in [0.15, 0.2) is 0 Å². The molecule has 1 saturated carbocycles. The molecule has 2 aromatic rings. The Kier molecular flexibility index (Phi) is 4.74. The molecule has 1 aliphatic carbocycles. The molecule has 0 heterocycles. The summed E-state index contributed by atoms with van der Waals surface area (Å²) in [5, 5.41) is 0. The second-order valence-corrected chi connectivity index (χ2v) is 6.63. The summed E-state index contributed by atoms with van der Waals surface area (Å²) in [4.78, 5) is 0. The Morgan fingerprint density at radius 3 is 1.96 bits per heavy atom. The summed E-state index contributed by atoms with van der Waals surface area (Å²) in [5.41, 5.74) is 1.99. The number of hydrogen-bond donors (Lipinski definition) is 0. The Bertz CT molecular complexity index is 645. The van der Waals surface area contributed by atoms with Crippen LogP contribution in [0.25, 0.3) is 11.1 Å². The van der Waals surface area contributed by atoms with E-state index in [0.717, 1.165) is 11.5 Å². The minimum absolute atomic E-state index is 0.445. The van der Waals surface area contributed by atoms with Crippen molar-refractivity contribution in [1.29, 1.82) is 0 Å². The third-order valence-electron chi connectivity index (χ3n) is 5.01. The Morgan fingerprint density at radius 2 is 1.43 bits per heavy atom. The van der Waals surface area contributed by atoms with Gasteiger partial charge in [-0.3, -0.25) is 0 Å². The van der Waals surface area contributed by atoms with Gasteiger partial charge in [-0.2, -0.15) is 0 Å². The molecular formula is C20H21F3. The molecule has 0 atom stereocenters. The lowest BCUT2D eigenvalue weighted by atomic mass is 9.79. The average molecular weight is 318 g/mol. The van der Waals surface area contributed by atoms with E-state index >= 15 is 0 Å². The standard InChI is InChI=1S/C20H21F3/c1-13-2-4-14(5-3-13)15-6-8-16(9-7-15)17-10-19(22)18(12-21)20(23)11-17/h6-11,13-14H,2-5,12H2,1H3. The zero-order valence-electron chi connectivity index (χ0n) is 13.3. The third-order valence-corrected chi connectivity index (χ3v) is 5.01. The molecule has 1 aliphatic rings. The van der Waals surface area contributed by atoms with E-state index in [2.05, 4.69) is 19.1 Å². The summed E-state index contributed by atoms with van der Waals surface area (Å²) in [5.74, 6) is -0.256. The van der Waals surface area contributed by atoms with Crippen molar-refractivity contribution >= 4 is 0 Å². The second-order valence-electron chi connectivity index (χ2n) is 6.63. The van der Waals surface area contributed by atoms with Crippen LogP contribution < -0.4 is 0 Å². The molecule has 1 fully saturated rings. The molecule has 0 aliphatic heterocycles. The maximum Gasteiger partial charge on any atom is 0.132 e. The number of alkyl halides is 1. The second kappa shape index (κ2) is 6.77. The lowest BCUT2D eigenvalue weighted by molar-refractivity contribution is 0.348. The summed E-state index contributed by atoms with van der Waals surface area (Å²) in [6, 6.07) is 10.3. The predicted octanol–water partition coefficient (Wildman–Crippen LogP) is 6.40. The van der Waals surface area contributed by atoms with Crippen molar-refractivity contribution in [3.8, 4) is 11.1 Å². The summed E-state index contributed by atoms with van der Waals surface area (Å²) in [6.07, 6.45) is 4.92. The normalized spacial score (nSPS) is 21.4. The maximum absolute atomic E-state index is 13.7.